The third-order valence-corrected chi connectivity index (χ3v) is 4.56. The highest BCUT2D eigenvalue weighted by Crippen LogP contribution is 2.35. The second kappa shape index (κ2) is 10.5. The van der Waals surface area contributed by atoms with Gasteiger partial charge in [-0.3, -0.25) is 14.4 Å². The molecule has 12 heteroatoms. The fraction of sp³-hybridized carbons (Fsp3) is 0.611. The predicted octanol–water partition coefficient (Wildman–Crippen LogP) is 1.28. The molecule has 2 heterocycles. The first-order valence-electron chi connectivity index (χ1n) is 9.12. The van der Waals surface area contributed by atoms with Gasteiger partial charge in [0.25, 0.3) is 0 Å². The summed E-state index contributed by atoms with van der Waals surface area (Å²) in [6, 6.07) is 1.50. The second-order valence-electron chi connectivity index (χ2n) is 6.34. The molecule has 0 aliphatic carbocycles. The maximum atomic E-state index is 12.4. The summed E-state index contributed by atoms with van der Waals surface area (Å²) in [5.74, 6) is -2.54. The molecule has 1 fully saturated rings. The van der Waals surface area contributed by atoms with E-state index in [4.69, 9.17) is 23.7 Å². The largest absolute Gasteiger partial charge is 0.463 e. The van der Waals surface area contributed by atoms with Crippen LogP contribution in [0.5, 0.6) is 0 Å². The van der Waals surface area contributed by atoms with E-state index >= 15 is 0 Å². The lowest BCUT2D eigenvalue weighted by Crippen LogP contribution is -2.41. The van der Waals surface area contributed by atoms with Crippen molar-refractivity contribution in [2.24, 2.45) is 0 Å². The summed E-state index contributed by atoms with van der Waals surface area (Å²) in [7, 11) is 0. The topological polar surface area (TPSA) is 132 Å². The molecule has 166 valence electrons. The van der Waals surface area contributed by atoms with Gasteiger partial charge in [-0.25, -0.2) is 9.48 Å². The lowest BCUT2D eigenvalue weighted by molar-refractivity contribution is -0.166. The molecule has 4 atom stereocenters. The molecule has 0 amide bonds. The van der Waals surface area contributed by atoms with E-state index in [1.807, 2.05) is 0 Å². The van der Waals surface area contributed by atoms with Crippen molar-refractivity contribution in [3.05, 3.63) is 17.5 Å². The minimum Gasteiger partial charge on any atom is -0.463 e. The maximum absolute atomic E-state index is 12.4. The number of carbonyl (C=O) groups is 4. The molecular weight excluding hydrogens is 468 g/mol. The highest BCUT2D eigenvalue weighted by Gasteiger charge is 2.51. The molecule has 0 aromatic carbocycles. The summed E-state index contributed by atoms with van der Waals surface area (Å²) in [4.78, 5) is 47.0. The van der Waals surface area contributed by atoms with Crippen molar-refractivity contribution in [1.82, 2.24) is 9.78 Å². The number of hydrogen-bond acceptors (Lipinski definition) is 10. The SMILES string of the molecule is CCOC(=O)c1cc(CBr)nn1[C@@H]1O[C@H](COC(C)=O)[C@@H](OC(C)=O)[C@H]1OC(C)=O. The highest BCUT2D eigenvalue weighted by atomic mass is 79.9. The van der Waals surface area contributed by atoms with Crippen LogP contribution in [0.15, 0.2) is 6.07 Å². The van der Waals surface area contributed by atoms with Gasteiger partial charge in [0.2, 0.25) is 0 Å². The standard InChI is InChI=1S/C18H23BrN2O9/c1-5-26-18(25)13-6-12(7-19)20-21(13)17-16(29-11(4)24)15(28-10(3)23)14(30-17)8-27-9(2)22/h6,14-17H,5,7-8H2,1-4H3/t14-,15-,16-,17-/m1/s1. The minimum absolute atomic E-state index is 0.0585. The van der Waals surface area contributed by atoms with Crippen molar-refractivity contribution >= 4 is 39.8 Å². The number of halogens is 1. The Labute approximate surface area is 181 Å². The smallest absolute Gasteiger partial charge is 0.356 e. The van der Waals surface area contributed by atoms with Crippen molar-refractivity contribution < 1.29 is 42.9 Å². The van der Waals surface area contributed by atoms with Crippen molar-refractivity contribution in [3.63, 3.8) is 0 Å². The van der Waals surface area contributed by atoms with Gasteiger partial charge < -0.3 is 23.7 Å². The number of esters is 4. The monoisotopic (exact) mass is 490 g/mol. The molecule has 0 N–H and O–H groups in total. The van der Waals surface area contributed by atoms with Gasteiger partial charge in [-0.05, 0) is 13.0 Å². The molecule has 0 bridgehead atoms. The van der Waals surface area contributed by atoms with Crippen LogP contribution in [0.3, 0.4) is 0 Å². The Morgan fingerprint density at radius 3 is 2.23 bits per heavy atom. The third-order valence-electron chi connectivity index (χ3n) is 3.99. The molecular formula is C18H23BrN2O9. The van der Waals surface area contributed by atoms with E-state index in [0.717, 1.165) is 0 Å². The molecule has 11 nitrogen and oxygen atoms in total. The van der Waals surface area contributed by atoms with Gasteiger partial charge in [0, 0.05) is 26.1 Å². The van der Waals surface area contributed by atoms with Crippen LogP contribution in [-0.4, -0.2) is 65.2 Å². The van der Waals surface area contributed by atoms with Gasteiger partial charge >= 0.3 is 23.9 Å². The number of rotatable bonds is 8. The summed E-state index contributed by atoms with van der Waals surface area (Å²) < 4.78 is 27.8. The first-order valence-corrected chi connectivity index (χ1v) is 10.2. The molecule has 1 aromatic heterocycles. The van der Waals surface area contributed by atoms with Gasteiger partial charge in [-0.1, -0.05) is 15.9 Å². The summed E-state index contributed by atoms with van der Waals surface area (Å²) in [6.07, 6.45) is -4.34. The predicted molar refractivity (Wildman–Crippen MR) is 102 cm³/mol. The summed E-state index contributed by atoms with van der Waals surface area (Å²) >= 11 is 3.27. The minimum atomic E-state index is -1.15. The maximum Gasteiger partial charge on any atom is 0.356 e. The number of carbonyl (C=O) groups excluding carboxylic acids is 4. The summed E-state index contributed by atoms with van der Waals surface area (Å²) in [5, 5.41) is 4.65. The van der Waals surface area contributed by atoms with E-state index in [1.165, 1.54) is 31.5 Å². The van der Waals surface area contributed by atoms with Crippen LogP contribution in [0.2, 0.25) is 0 Å². The van der Waals surface area contributed by atoms with E-state index in [0.29, 0.717) is 11.0 Å². The zero-order valence-corrected chi connectivity index (χ0v) is 18.5. The number of alkyl halides is 1. The van der Waals surface area contributed by atoms with E-state index in [1.54, 1.807) is 6.92 Å². The zero-order valence-electron chi connectivity index (χ0n) is 17.0. The number of aromatic nitrogens is 2. The zero-order chi connectivity index (χ0) is 22.4. The van der Waals surface area contributed by atoms with Crippen molar-refractivity contribution in [2.75, 3.05) is 13.2 Å². The van der Waals surface area contributed by atoms with Crippen molar-refractivity contribution in [3.8, 4) is 0 Å². The van der Waals surface area contributed by atoms with Crippen molar-refractivity contribution in [1.29, 1.82) is 0 Å². The average molecular weight is 491 g/mol. The summed E-state index contributed by atoms with van der Waals surface area (Å²) in [6.45, 7) is 5.11. The lowest BCUT2D eigenvalue weighted by Gasteiger charge is -2.23. The molecule has 30 heavy (non-hydrogen) atoms. The van der Waals surface area contributed by atoms with Crippen LogP contribution in [0.4, 0.5) is 0 Å². The Morgan fingerprint density at radius 2 is 1.70 bits per heavy atom. The van der Waals surface area contributed by atoms with Gasteiger partial charge in [-0.2, -0.15) is 5.10 Å². The number of hydrogen-bond donors (Lipinski definition) is 0. The van der Waals surface area contributed by atoms with Crippen LogP contribution in [0.1, 0.15) is 50.1 Å². The number of nitrogens with zero attached hydrogens (tertiary/aromatic N) is 2. The van der Waals surface area contributed by atoms with Crippen molar-refractivity contribution in [2.45, 2.75) is 57.6 Å². The van der Waals surface area contributed by atoms with E-state index < -0.39 is 48.4 Å². The van der Waals surface area contributed by atoms with Crippen LogP contribution >= 0.6 is 15.9 Å². The van der Waals surface area contributed by atoms with Gasteiger partial charge in [-0.15, -0.1) is 0 Å². The average Bonchev–Trinajstić information content (AvgIpc) is 3.22. The Balaban J connectivity index is 2.48. The lowest BCUT2D eigenvalue weighted by atomic mass is 10.1. The molecule has 2 rings (SSSR count). The Kier molecular flexibility index (Phi) is 8.35. The van der Waals surface area contributed by atoms with E-state index in [9.17, 15) is 19.2 Å². The fourth-order valence-electron chi connectivity index (χ4n) is 2.95. The summed E-state index contributed by atoms with van der Waals surface area (Å²) in [5.41, 5.74) is 0.555. The second-order valence-corrected chi connectivity index (χ2v) is 6.90. The van der Waals surface area contributed by atoms with Crippen LogP contribution in [-0.2, 0) is 43.4 Å². The quantitative estimate of drug-likeness (QED) is 0.298. The molecule has 1 aliphatic rings. The van der Waals surface area contributed by atoms with Crippen LogP contribution in [0.25, 0.3) is 0 Å². The Morgan fingerprint density at radius 1 is 1.07 bits per heavy atom. The molecule has 0 radical (unpaired) electrons. The molecule has 1 aromatic rings. The van der Waals surface area contributed by atoms with Crippen LogP contribution < -0.4 is 0 Å². The van der Waals surface area contributed by atoms with Gasteiger partial charge in [0.15, 0.2) is 18.4 Å². The molecule has 0 spiro atoms. The number of ether oxygens (including phenoxy) is 5. The van der Waals surface area contributed by atoms with E-state index in [2.05, 4.69) is 21.0 Å². The first kappa shape index (κ1) is 23.8. The highest BCUT2D eigenvalue weighted by molar-refractivity contribution is 9.08. The Bertz CT molecular complexity index is 810. The third kappa shape index (κ3) is 5.79. The van der Waals surface area contributed by atoms with Gasteiger partial charge in [0.1, 0.15) is 18.4 Å². The molecule has 1 saturated heterocycles. The molecule has 0 saturated carbocycles. The molecule has 0 unspecified atom stereocenters. The first-order chi connectivity index (χ1) is 14.2. The van der Waals surface area contributed by atoms with Gasteiger partial charge in [0.05, 0.1) is 12.3 Å². The fourth-order valence-corrected chi connectivity index (χ4v) is 3.23. The normalized spacial score (nSPS) is 23.0. The van der Waals surface area contributed by atoms with Crippen LogP contribution in [0, 0.1) is 0 Å². The van der Waals surface area contributed by atoms with E-state index in [-0.39, 0.29) is 18.9 Å². The molecule has 1 aliphatic heterocycles. The Hall–Kier alpha value is -2.47.